The second kappa shape index (κ2) is 8.69. The lowest BCUT2D eigenvalue weighted by Gasteiger charge is -2.25. The Bertz CT molecular complexity index is 911. The van der Waals surface area contributed by atoms with E-state index in [4.69, 9.17) is 9.47 Å². The first kappa shape index (κ1) is 19.6. The van der Waals surface area contributed by atoms with Crippen molar-refractivity contribution in [2.45, 2.75) is 32.4 Å². The molecule has 3 rings (SSSR count). The topological polar surface area (TPSA) is 86.6 Å². The van der Waals surface area contributed by atoms with Crippen molar-refractivity contribution in [1.29, 1.82) is 0 Å². The predicted octanol–water partition coefficient (Wildman–Crippen LogP) is 1.53. The van der Waals surface area contributed by atoms with Crippen molar-refractivity contribution >= 4 is 10.9 Å². The van der Waals surface area contributed by atoms with Crippen molar-refractivity contribution < 1.29 is 17.9 Å². The minimum atomic E-state index is -2.67. The van der Waals surface area contributed by atoms with Crippen LogP contribution < -0.4 is 15.0 Å². The molecular weight excluding hydrogens is 368 g/mol. The van der Waals surface area contributed by atoms with E-state index in [0.29, 0.717) is 17.9 Å². The molecule has 0 amide bonds. The molecule has 2 aromatic rings. The Morgan fingerprint density at radius 2 is 2.15 bits per heavy atom. The number of thiol groups is 1. The third kappa shape index (κ3) is 4.97. The lowest BCUT2D eigenvalue weighted by Crippen LogP contribution is -2.28. The van der Waals surface area contributed by atoms with Crippen LogP contribution in [-0.2, 0) is 29.2 Å². The summed E-state index contributed by atoms with van der Waals surface area (Å²) in [5, 5.41) is 0. The smallest absolute Gasteiger partial charge is 0.253 e. The molecule has 1 unspecified atom stereocenters. The van der Waals surface area contributed by atoms with Crippen molar-refractivity contribution in [3.05, 3.63) is 51.9 Å². The Morgan fingerprint density at radius 3 is 2.81 bits per heavy atom. The fourth-order valence-corrected chi connectivity index (χ4v) is 3.49. The maximum absolute atomic E-state index is 12.0. The largest absolute Gasteiger partial charge is 0.487 e. The van der Waals surface area contributed by atoms with Crippen molar-refractivity contribution in [3.63, 3.8) is 0 Å². The molecule has 27 heavy (non-hydrogen) atoms. The number of ether oxygens (including phenoxy) is 2. The molecule has 0 bridgehead atoms. The SMILES string of the molecule is Cc1cc(-c2cc(CN[SH](=O)=O)ccc2OC2CCCOC2)cn(C)c1=O. The van der Waals surface area contributed by atoms with Gasteiger partial charge in [0.1, 0.15) is 11.9 Å². The summed E-state index contributed by atoms with van der Waals surface area (Å²) >= 11 is 0. The Balaban J connectivity index is 2.00. The van der Waals surface area contributed by atoms with Crippen LogP contribution in [0.25, 0.3) is 11.1 Å². The number of nitrogens with one attached hydrogen (secondary N) is 1. The highest BCUT2D eigenvalue weighted by Gasteiger charge is 2.18. The summed E-state index contributed by atoms with van der Waals surface area (Å²) in [6.45, 7) is 3.27. The number of pyridine rings is 1. The van der Waals surface area contributed by atoms with Gasteiger partial charge in [-0.15, -0.1) is 0 Å². The lowest BCUT2D eigenvalue weighted by molar-refractivity contribution is 0.00767. The molecule has 0 saturated carbocycles. The Kier molecular flexibility index (Phi) is 6.30. The van der Waals surface area contributed by atoms with Gasteiger partial charge in [-0.2, -0.15) is 0 Å². The van der Waals surface area contributed by atoms with Crippen LogP contribution >= 0.6 is 0 Å². The fraction of sp³-hybridized carbons (Fsp3) is 0.421. The van der Waals surface area contributed by atoms with Gasteiger partial charge in [0.05, 0.1) is 6.61 Å². The molecule has 7 nitrogen and oxygen atoms in total. The molecule has 1 N–H and O–H groups in total. The number of hydrogen-bond donors (Lipinski definition) is 2. The molecule has 0 radical (unpaired) electrons. The van der Waals surface area contributed by atoms with Crippen molar-refractivity contribution in [1.82, 2.24) is 9.29 Å². The molecule has 0 aliphatic carbocycles. The van der Waals surface area contributed by atoms with E-state index in [-0.39, 0.29) is 18.2 Å². The molecule has 0 spiro atoms. The van der Waals surface area contributed by atoms with Crippen LogP contribution in [0.4, 0.5) is 0 Å². The molecule has 1 fully saturated rings. The van der Waals surface area contributed by atoms with Crippen molar-refractivity contribution in [2.75, 3.05) is 13.2 Å². The first-order valence-electron chi connectivity index (χ1n) is 8.87. The van der Waals surface area contributed by atoms with E-state index in [1.54, 1.807) is 20.2 Å². The highest BCUT2D eigenvalue weighted by molar-refractivity contribution is 7.70. The van der Waals surface area contributed by atoms with Crippen LogP contribution in [-0.4, -0.2) is 32.3 Å². The van der Waals surface area contributed by atoms with Gasteiger partial charge >= 0.3 is 0 Å². The number of aryl methyl sites for hydroxylation is 2. The zero-order valence-corrected chi connectivity index (χ0v) is 16.3. The van der Waals surface area contributed by atoms with E-state index >= 15 is 0 Å². The van der Waals surface area contributed by atoms with Crippen LogP contribution in [0.2, 0.25) is 0 Å². The summed E-state index contributed by atoms with van der Waals surface area (Å²) in [7, 11) is -0.957. The third-order valence-electron chi connectivity index (χ3n) is 4.54. The molecule has 1 aliphatic heterocycles. The van der Waals surface area contributed by atoms with Gasteiger partial charge in [0, 0.05) is 43.1 Å². The molecule has 1 aliphatic rings. The summed E-state index contributed by atoms with van der Waals surface area (Å²) < 4.78 is 37.3. The summed E-state index contributed by atoms with van der Waals surface area (Å²) in [6.07, 6.45) is 3.62. The minimum absolute atomic E-state index is 0.0220. The van der Waals surface area contributed by atoms with Gasteiger partial charge in [-0.1, -0.05) is 6.07 Å². The summed E-state index contributed by atoms with van der Waals surface area (Å²) in [4.78, 5) is 12.0. The molecule has 1 atom stereocenters. The van der Waals surface area contributed by atoms with E-state index in [1.165, 1.54) is 4.57 Å². The van der Waals surface area contributed by atoms with Crippen LogP contribution in [0.3, 0.4) is 0 Å². The van der Waals surface area contributed by atoms with Gasteiger partial charge in [-0.3, -0.25) is 4.79 Å². The normalized spacial score (nSPS) is 17.2. The maximum atomic E-state index is 12.0. The maximum Gasteiger partial charge on any atom is 0.253 e. The van der Waals surface area contributed by atoms with Crippen molar-refractivity contribution in [3.8, 4) is 16.9 Å². The van der Waals surface area contributed by atoms with Gasteiger partial charge < -0.3 is 14.0 Å². The average molecular weight is 392 g/mol. The summed E-state index contributed by atoms with van der Waals surface area (Å²) in [6, 6.07) is 7.40. The average Bonchev–Trinajstić information content (AvgIpc) is 2.65. The molecule has 1 saturated heterocycles. The Labute approximate surface area is 160 Å². The van der Waals surface area contributed by atoms with Crippen LogP contribution in [0.15, 0.2) is 35.3 Å². The zero-order chi connectivity index (χ0) is 19.4. The van der Waals surface area contributed by atoms with Crippen LogP contribution in [0.5, 0.6) is 5.75 Å². The van der Waals surface area contributed by atoms with Crippen LogP contribution in [0, 0.1) is 6.92 Å². The quantitative estimate of drug-likeness (QED) is 0.728. The molecule has 8 heteroatoms. The standard InChI is InChI=1S/C19H24N2O5S/c1-13-8-15(11-21(2)19(13)22)17-9-14(10-20-27(23)24)5-6-18(17)26-16-4-3-7-25-12-16/h5-6,8-9,11,16,27H,3-4,7,10,12H2,1-2H3,(H,20,23,24). The first-order chi connectivity index (χ1) is 12.9. The fourth-order valence-electron chi connectivity index (χ4n) is 3.18. The van der Waals surface area contributed by atoms with E-state index in [0.717, 1.165) is 36.1 Å². The van der Waals surface area contributed by atoms with Gasteiger partial charge in [0.15, 0.2) is 0 Å². The predicted molar refractivity (Wildman–Crippen MR) is 103 cm³/mol. The van der Waals surface area contributed by atoms with Gasteiger partial charge in [-0.05, 0) is 43.5 Å². The van der Waals surface area contributed by atoms with E-state index in [2.05, 4.69) is 4.72 Å². The molecule has 146 valence electrons. The zero-order valence-electron chi connectivity index (χ0n) is 15.4. The van der Waals surface area contributed by atoms with Gasteiger partial charge in [-0.25, -0.2) is 13.1 Å². The van der Waals surface area contributed by atoms with Crippen molar-refractivity contribution in [2.24, 2.45) is 7.05 Å². The van der Waals surface area contributed by atoms with E-state index < -0.39 is 10.9 Å². The Hall–Kier alpha value is -2.16. The number of benzene rings is 1. The molecular formula is C19H24N2O5S. The number of hydrogen-bond acceptors (Lipinski definition) is 5. The second-order valence-electron chi connectivity index (χ2n) is 6.71. The third-order valence-corrected chi connectivity index (χ3v) is 4.96. The summed E-state index contributed by atoms with van der Waals surface area (Å²) in [5.41, 5.74) is 3.05. The monoisotopic (exact) mass is 392 g/mol. The molecule has 1 aromatic carbocycles. The van der Waals surface area contributed by atoms with Gasteiger partial charge in [0.2, 0.25) is 10.9 Å². The molecule has 2 heterocycles. The highest BCUT2D eigenvalue weighted by Crippen LogP contribution is 2.32. The minimum Gasteiger partial charge on any atom is -0.487 e. The first-order valence-corrected chi connectivity index (χ1v) is 10.0. The molecule has 1 aromatic heterocycles. The van der Waals surface area contributed by atoms with E-state index in [1.807, 2.05) is 24.3 Å². The second-order valence-corrected chi connectivity index (χ2v) is 7.54. The Morgan fingerprint density at radius 1 is 1.33 bits per heavy atom. The number of aromatic nitrogens is 1. The number of nitrogens with zero attached hydrogens (tertiary/aromatic N) is 1. The number of rotatable bonds is 6. The van der Waals surface area contributed by atoms with E-state index in [9.17, 15) is 13.2 Å². The summed E-state index contributed by atoms with van der Waals surface area (Å²) in [5.74, 6) is 0.693. The van der Waals surface area contributed by atoms with Crippen LogP contribution in [0.1, 0.15) is 24.0 Å². The van der Waals surface area contributed by atoms with Gasteiger partial charge in [0.25, 0.3) is 5.56 Å². The lowest BCUT2D eigenvalue weighted by atomic mass is 10.0. The highest BCUT2D eigenvalue weighted by atomic mass is 32.2.